The van der Waals surface area contributed by atoms with Crippen LogP contribution in [0.1, 0.15) is 18.1 Å². The Morgan fingerprint density at radius 2 is 1.63 bits per heavy atom. The molecular formula is C16H15NO2. The zero-order chi connectivity index (χ0) is 13.5. The zero-order valence-corrected chi connectivity index (χ0v) is 11.0. The van der Waals surface area contributed by atoms with Gasteiger partial charge in [-0.05, 0) is 24.1 Å². The normalized spacial score (nSPS) is 21.6. The average molecular weight is 253 g/mol. The Morgan fingerprint density at radius 1 is 1.00 bits per heavy atom. The summed E-state index contributed by atoms with van der Waals surface area (Å²) in [5.74, 6) is -0.0533. The number of carbonyl (C=O) groups excluding carboxylic acids is 1. The molecule has 2 aromatic carbocycles. The minimum atomic E-state index is -0.687. The first-order valence-electron chi connectivity index (χ1n) is 6.23. The number of amides is 1. The van der Waals surface area contributed by atoms with Crippen LogP contribution in [0, 0.1) is 0 Å². The monoisotopic (exact) mass is 253 g/mol. The van der Waals surface area contributed by atoms with Crippen LogP contribution in [0.15, 0.2) is 54.6 Å². The predicted molar refractivity (Wildman–Crippen MR) is 73.8 cm³/mol. The van der Waals surface area contributed by atoms with Crippen molar-refractivity contribution in [1.29, 1.82) is 0 Å². The van der Waals surface area contributed by atoms with Crippen LogP contribution >= 0.6 is 0 Å². The summed E-state index contributed by atoms with van der Waals surface area (Å²) in [6.45, 7) is 1.95. The van der Waals surface area contributed by atoms with E-state index in [1.807, 2.05) is 61.5 Å². The molecule has 1 amide bonds. The lowest BCUT2D eigenvalue weighted by Crippen LogP contribution is -2.38. The first-order chi connectivity index (χ1) is 9.19. The van der Waals surface area contributed by atoms with Gasteiger partial charge in [-0.2, -0.15) is 5.06 Å². The number of fused-ring (bicyclic) bond motifs is 1. The van der Waals surface area contributed by atoms with Gasteiger partial charge in [0.15, 0.2) is 0 Å². The molecule has 1 aliphatic rings. The molecule has 2 aromatic rings. The second-order valence-corrected chi connectivity index (χ2v) is 4.79. The Balaban J connectivity index is 2.25. The van der Waals surface area contributed by atoms with E-state index in [0.29, 0.717) is 0 Å². The molecule has 3 nitrogen and oxygen atoms in total. The van der Waals surface area contributed by atoms with E-state index in [1.165, 1.54) is 12.2 Å². The SMILES string of the molecule is CON1C(=O)C(C)(c2ccccc2)c2ccccc21. The molecular weight excluding hydrogens is 238 g/mol. The Hall–Kier alpha value is -2.13. The third-order valence-corrected chi connectivity index (χ3v) is 3.81. The van der Waals surface area contributed by atoms with Gasteiger partial charge in [0.05, 0.1) is 12.8 Å². The van der Waals surface area contributed by atoms with E-state index in [1.54, 1.807) is 0 Å². The van der Waals surface area contributed by atoms with Crippen molar-refractivity contribution in [3.8, 4) is 0 Å². The van der Waals surface area contributed by atoms with E-state index in [9.17, 15) is 4.79 Å². The van der Waals surface area contributed by atoms with Gasteiger partial charge in [-0.1, -0.05) is 48.5 Å². The molecule has 1 aliphatic heterocycles. The first-order valence-corrected chi connectivity index (χ1v) is 6.23. The number of rotatable bonds is 2. The molecule has 0 saturated carbocycles. The molecule has 0 spiro atoms. The molecule has 1 heterocycles. The minimum absolute atomic E-state index is 0.0533. The standard InChI is InChI=1S/C16H15NO2/c1-16(12-8-4-3-5-9-12)13-10-6-7-11-14(13)17(19-2)15(16)18/h3-11H,1-2H3. The highest BCUT2D eigenvalue weighted by Gasteiger charge is 2.49. The molecule has 19 heavy (non-hydrogen) atoms. The summed E-state index contributed by atoms with van der Waals surface area (Å²) in [6.07, 6.45) is 0. The van der Waals surface area contributed by atoms with Crippen molar-refractivity contribution < 1.29 is 9.63 Å². The van der Waals surface area contributed by atoms with Gasteiger partial charge in [0.1, 0.15) is 5.41 Å². The van der Waals surface area contributed by atoms with Crippen LogP contribution in [0.25, 0.3) is 0 Å². The number of benzene rings is 2. The summed E-state index contributed by atoms with van der Waals surface area (Å²) in [5.41, 5.74) is 2.09. The van der Waals surface area contributed by atoms with Gasteiger partial charge >= 0.3 is 0 Å². The molecule has 1 atom stereocenters. The summed E-state index contributed by atoms with van der Waals surface area (Å²) in [6, 6.07) is 17.6. The van der Waals surface area contributed by atoms with Gasteiger partial charge in [-0.3, -0.25) is 9.63 Å². The number of hydrogen-bond donors (Lipinski definition) is 0. The quantitative estimate of drug-likeness (QED) is 0.823. The highest BCUT2D eigenvalue weighted by molar-refractivity contribution is 6.08. The van der Waals surface area contributed by atoms with Gasteiger partial charge in [-0.25, -0.2) is 0 Å². The number of carbonyl (C=O) groups is 1. The van der Waals surface area contributed by atoms with Gasteiger partial charge < -0.3 is 0 Å². The summed E-state index contributed by atoms with van der Waals surface area (Å²) in [5, 5.41) is 1.38. The lowest BCUT2D eigenvalue weighted by Gasteiger charge is -2.23. The maximum absolute atomic E-state index is 12.7. The van der Waals surface area contributed by atoms with Gasteiger partial charge in [0.2, 0.25) is 0 Å². The summed E-state index contributed by atoms with van der Waals surface area (Å²) in [4.78, 5) is 18.0. The van der Waals surface area contributed by atoms with Crippen LogP contribution in [-0.4, -0.2) is 13.0 Å². The first kappa shape index (κ1) is 11.9. The Morgan fingerprint density at radius 3 is 2.32 bits per heavy atom. The van der Waals surface area contributed by atoms with Crippen molar-refractivity contribution in [3.63, 3.8) is 0 Å². The fourth-order valence-corrected chi connectivity index (χ4v) is 2.73. The van der Waals surface area contributed by atoms with E-state index in [-0.39, 0.29) is 5.91 Å². The highest BCUT2D eigenvalue weighted by Crippen LogP contribution is 2.45. The average Bonchev–Trinajstić information content (AvgIpc) is 2.70. The molecule has 0 bridgehead atoms. The maximum Gasteiger partial charge on any atom is 0.265 e. The van der Waals surface area contributed by atoms with Crippen LogP contribution in [0.4, 0.5) is 5.69 Å². The molecule has 96 valence electrons. The van der Waals surface area contributed by atoms with Gasteiger partial charge in [-0.15, -0.1) is 0 Å². The largest absolute Gasteiger partial charge is 0.271 e. The van der Waals surface area contributed by atoms with Crippen molar-refractivity contribution in [2.24, 2.45) is 0 Å². The van der Waals surface area contributed by atoms with E-state index >= 15 is 0 Å². The van der Waals surface area contributed by atoms with Crippen molar-refractivity contribution in [2.45, 2.75) is 12.3 Å². The molecule has 0 N–H and O–H groups in total. The molecule has 0 fully saturated rings. The highest BCUT2D eigenvalue weighted by atomic mass is 16.7. The Labute approximate surface area is 112 Å². The molecule has 0 aliphatic carbocycles. The molecule has 3 heteroatoms. The number of hydroxylamine groups is 1. The minimum Gasteiger partial charge on any atom is -0.271 e. The van der Waals surface area contributed by atoms with Crippen LogP contribution in [0.2, 0.25) is 0 Å². The van der Waals surface area contributed by atoms with Gasteiger partial charge in [0, 0.05) is 0 Å². The van der Waals surface area contributed by atoms with Gasteiger partial charge in [0.25, 0.3) is 5.91 Å². The topological polar surface area (TPSA) is 29.5 Å². The Bertz CT molecular complexity index is 624. The van der Waals surface area contributed by atoms with Crippen LogP contribution in [-0.2, 0) is 15.0 Å². The smallest absolute Gasteiger partial charge is 0.265 e. The number of para-hydroxylation sites is 1. The van der Waals surface area contributed by atoms with Crippen molar-refractivity contribution in [3.05, 3.63) is 65.7 Å². The van der Waals surface area contributed by atoms with E-state index in [4.69, 9.17) is 4.84 Å². The molecule has 0 saturated heterocycles. The fraction of sp³-hybridized carbons (Fsp3) is 0.188. The third kappa shape index (κ3) is 1.52. The van der Waals surface area contributed by atoms with Crippen molar-refractivity contribution >= 4 is 11.6 Å². The van der Waals surface area contributed by atoms with Crippen molar-refractivity contribution in [2.75, 3.05) is 12.2 Å². The van der Waals surface area contributed by atoms with Crippen LogP contribution in [0.3, 0.4) is 0 Å². The maximum atomic E-state index is 12.7. The predicted octanol–water partition coefficient (Wildman–Crippen LogP) is 2.90. The summed E-state index contributed by atoms with van der Waals surface area (Å²) >= 11 is 0. The van der Waals surface area contributed by atoms with Crippen LogP contribution in [0.5, 0.6) is 0 Å². The van der Waals surface area contributed by atoms with Crippen LogP contribution < -0.4 is 5.06 Å². The zero-order valence-electron chi connectivity index (χ0n) is 11.0. The fourth-order valence-electron chi connectivity index (χ4n) is 2.73. The molecule has 3 rings (SSSR count). The lowest BCUT2D eigenvalue weighted by atomic mass is 9.77. The lowest BCUT2D eigenvalue weighted by molar-refractivity contribution is -0.127. The molecule has 0 radical (unpaired) electrons. The third-order valence-electron chi connectivity index (χ3n) is 3.81. The van der Waals surface area contributed by atoms with E-state index in [2.05, 4.69) is 0 Å². The number of anilines is 1. The number of nitrogens with zero attached hydrogens (tertiary/aromatic N) is 1. The second-order valence-electron chi connectivity index (χ2n) is 4.79. The van der Waals surface area contributed by atoms with E-state index < -0.39 is 5.41 Å². The van der Waals surface area contributed by atoms with Crippen molar-refractivity contribution in [1.82, 2.24) is 0 Å². The summed E-state index contributed by atoms with van der Waals surface area (Å²) in [7, 11) is 1.52. The molecule has 0 aromatic heterocycles. The Kier molecular flexibility index (Phi) is 2.64. The molecule has 1 unspecified atom stereocenters. The summed E-state index contributed by atoms with van der Waals surface area (Å²) < 4.78 is 0. The second kappa shape index (κ2) is 4.21. The number of hydrogen-bond acceptors (Lipinski definition) is 2. The van der Waals surface area contributed by atoms with E-state index in [0.717, 1.165) is 16.8 Å².